The minimum absolute atomic E-state index is 0.0371. The van der Waals surface area contributed by atoms with Gasteiger partial charge in [0.2, 0.25) is 0 Å². The maximum atomic E-state index is 12.3. The van der Waals surface area contributed by atoms with Gasteiger partial charge >= 0.3 is 0 Å². The normalized spacial score (nSPS) is 11.1. The number of rotatable bonds is 5. The van der Waals surface area contributed by atoms with Crippen molar-refractivity contribution in [2.75, 3.05) is 4.72 Å². The minimum Gasteiger partial charge on any atom is -0.272 e. The summed E-state index contributed by atoms with van der Waals surface area (Å²) in [5.74, 6) is 0. The number of halogens is 2. The first-order valence-corrected chi connectivity index (χ1v) is 8.26. The van der Waals surface area contributed by atoms with Crippen LogP contribution < -0.4 is 4.72 Å². The lowest BCUT2D eigenvalue weighted by atomic mass is 10.3. The molecule has 0 radical (unpaired) electrons. The molecule has 0 bridgehead atoms. The molecule has 0 saturated carbocycles. The van der Waals surface area contributed by atoms with Gasteiger partial charge < -0.3 is 0 Å². The third-order valence-corrected chi connectivity index (χ3v) is 4.71. The van der Waals surface area contributed by atoms with Crippen molar-refractivity contribution < 1.29 is 18.3 Å². The lowest BCUT2D eigenvalue weighted by molar-refractivity contribution is -0.384. The Kier molecular flexibility index (Phi) is 4.92. The van der Waals surface area contributed by atoms with Crippen molar-refractivity contribution in [1.82, 2.24) is 0 Å². The van der Waals surface area contributed by atoms with Crippen LogP contribution in [0.5, 0.6) is 0 Å². The third-order valence-electron chi connectivity index (χ3n) is 2.83. The molecule has 0 aliphatic heterocycles. The molecule has 0 aliphatic rings. The molecular formula is C12H7Cl2N3O6S. The van der Waals surface area contributed by atoms with Crippen molar-refractivity contribution in [3.8, 4) is 0 Å². The molecule has 0 aromatic heterocycles. The summed E-state index contributed by atoms with van der Waals surface area (Å²) in [5.41, 5.74) is -1.38. The van der Waals surface area contributed by atoms with Crippen LogP contribution in [0, 0.1) is 20.2 Å². The summed E-state index contributed by atoms with van der Waals surface area (Å²) < 4.78 is 26.6. The molecule has 0 saturated heterocycles. The number of non-ortho nitro benzene ring substituents is 1. The fourth-order valence-corrected chi connectivity index (χ4v) is 3.43. The highest BCUT2D eigenvalue weighted by atomic mass is 35.5. The molecule has 0 atom stereocenters. The van der Waals surface area contributed by atoms with Gasteiger partial charge in [0.1, 0.15) is 5.69 Å². The summed E-state index contributed by atoms with van der Waals surface area (Å²) in [6, 6.07) is 6.07. The average molecular weight is 392 g/mol. The van der Waals surface area contributed by atoms with Crippen LogP contribution in [0.15, 0.2) is 41.3 Å². The Balaban J connectivity index is 2.46. The predicted molar refractivity (Wildman–Crippen MR) is 87.0 cm³/mol. The minimum atomic E-state index is -4.25. The van der Waals surface area contributed by atoms with Gasteiger partial charge in [-0.1, -0.05) is 23.2 Å². The van der Waals surface area contributed by atoms with Gasteiger partial charge in [0.25, 0.3) is 21.4 Å². The smallest absolute Gasteiger partial charge is 0.272 e. The van der Waals surface area contributed by atoms with E-state index in [1.165, 1.54) is 0 Å². The second-order valence-electron chi connectivity index (χ2n) is 4.40. The van der Waals surface area contributed by atoms with Crippen molar-refractivity contribution in [2.45, 2.75) is 4.90 Å². The van der Waals surface area contributed by atoms with Crippen molar-refractivity contribution in [2.24, 2.45) is 0 Å². The lowest BCUT2D eigenvalue weighted by Gasteiger charge is -2.10. The van der Waals surface area contributed by atoms with Gasteiger partial charge in [-0.25, -0.2) is 8.42 Å². The zero-order chi connectivity index (χ0) is 18.1. The summed E-state index contributed by atoms with van der Waals surface area (Å²) in [4.78, 5) is 19.8. The van der Waals surface area contributed by atoms with Crippen LogP contribution in [-0.4, -0.2) is 18.3 Å². The van der Waals surface area contributed by atoms with Crippen molar-refractivity contribution in [1.29, 1.82) is 0 Å². The van der Waals surface area contributed by atoms with E-state index >= 15 is 0 Å². The quantitative estimate of drug-likeness (QED) is 0.611. The van der Waals surface area contributed by atoms with Crippen LogP contribution in [0.4, 0.5) is 17.1 Å². The molecular weight excluding hydrogens is 385 g/mol. The Bertz CT molecular complexity index is 931. The molecule has 1 N–H and O–H groups in total. The molecule has 2 rings (SSSR count). The van der Waals surface area contributed by atoms with Crippen LogP contribution in [0.3, 0.4) is 0 Å². The van der Waals surface area contributed by atoms with Gasteiger partial charge in [-0.05, 0) is 18.2 Å². The first-order chi connectivity index (χ1) is 11.1. The van der Waals surface area contributed by atoms with E-state index in [9.17, 15) is 28.6 Å². The van der Waals surface area contributed by atoms with Crippen LogP contribution >= 0.6 is 23.2 Å². The van der Waals surface area contributed by atoms with E-state index in [0.29, 0.717) is 0 Å². The summed E-state index contributed by atoms with van der Waals surface area (Å²) in [6.07, 6.45) is 0. The Morgan fingerprint density at radius 3 is 2.04 bits per heavy atom. The standard InChI is InChI=1S/C12H7Cl2N3O6S/c13-7-5-10(14)12(11(6-7)17(20)21)15-24(22,23)9-3-1-8(2-4-9)16(18)19/h1-6,15H. The predicted octanol–water partition coefficient (Wildman–Crippen LogP) is 3.61. The monoisotopic (exact) mass is 391 g/mol. The largest absolute Gasteiger partial charge is 0.296 e. The maximum absolute atomic E-state index is 12.3. The first-order valence-electron chi connectivity index (χ1n) is 6.02. The number of anilines is 1. The molecule has 0 fully saturated rings. The van der Waals surface area contributed by atoms with Crippen LogP contribution in [-0.2, 0) is 10.0 Å². The highest BCUT2D eigenvalue weighted by molar-refractivity contribution is 7.92. The van der Waals surface area contributed by atoms with Crippen molar-refractivity contribution in [3.05, 3.63) is 66.7 Å². The fourth-order valence-electron chi connectivity index (χ4n) is 1.75. The van der Waals surface area contributed by atoms with Gasteiger partial charge in [0.05, 0.1) is 19.8 Å². The topological polar surface area (TPSA) is 132 Å². The molecule has 12 heteroatoms. The highest BCUT2D eigenvalue weighted by Gasteiger charge is 2.25. The van der Waals surface area contributed by atoms with Crippen molar-refractivity contribution >= 4 is 50.3 Å². The van der Waals surface area contributed by atoms with Crippen LogP contribution in [0.2, 0.25) is 10.0 Å². The van der Waals surface area contributed by atoms with Gasteiger partial charge in [-0.15, -0.1) is 0 Å². The highest BCUT2D eigenvalue weighted by Crippen LogP contribution is 2.37. The number of nitrogens with zero attached hydrogens (tertiary/aromatic N) is 2. The molecule has 24 heavy (non-hydrogen) atoms. The van der Waals surface area contributed by atoms with Gasteiger partial charge in [-0.2, -0.15) is 0 Å². The number of nitrogens with one attached hydrogen (secondary N) is 1. The van der Waals surface area contributed by atoms with Gasteiger partial charge in [0, 0.05) is 23.2 Å². The molecule has 0 heterocycles. The number of nitro groups is 2. The zero-order valence-corrected chi connectivity index (χ0v) is 13.8. The zero-order valence-electron chi connectivity index (χ0n) is 11.5. The summed E-state index contributed by atoms with van der Waals surface area (Å²) >= 11 is 11.5. The van der Waals surface area contributed by atoms with Crippen molar-refractivity contribution in [3.63, 3.8) is 0 Å². The van der Waals surface area contributed by atoms with E-state index in [0.717, 1.165) is 36.4 Å². The number of benzene rings is 2. The fraction of sp³-hybridized carbons (Fsp3) is 0. The molecule has 0 aliphatic carbocycles. The summed E-state index contributed by atoms with van der Waals surface area (Å²) in [5, 5.41) is 21.3. The Hall–Kier alpha value is -2.43. The number of hydrogen-bond donors (Lipinski definition) is 1. The molecule has 2 aromatic carbocycles. The van der Waals surface area contributed by atoms with E-state index in [-0.39, 0.29) is 20.6 Å². The van der Waals surface area contributed by atoms with Crippen LogP contribution in [0.1, 0.15) is 0 Å². The van der Waals surface area contributed by atoms with E-state index in [2.05, 4.69) is 0 Å². The average Bonchev–Trinajstić information content (AvgIpc) is 2.49. The second kappa shape index (κ2) is 6.59. The number of nitro benzene ring substituents is 2. The molecule has 0 unspecified atom stereocenters. The van der Waals surface area contributed by atoms with Crippen LogP contribution in [0.25, 0.3) is 0 Å². The van der Waals surface area contributed by atoms with E-state index in [1.54, 1.807) is 0 Å². The third kappa shape index (κ3) is 3.72. The number of hydrogen-bond acceptors (Lipinski definition) is 6. The summed E-state index contributed by atoms with van der Waals surface area (Å²) in [6.45, 7) is 0. The lowest BCUT2D eigenvalue weighted by Crippen LogP contribution is -2.14. The maximum Gasteiger partial charge on any atom is 0.296 e. The van der Waals surface area contributed by atoms with Gasteiger partial charge in [0.15, 0.2) is 0 Å². The molecule has 0 amide bonds. The summed E-state index contributed by atoms with van der Waals surface area (Å²) in [7, 11) is -4.25. The number of sulfonamides is 1. The van der Waals surface area contributed by atoms with E-state index < -0.39 is 31.2 Å². The second-order valence-corrected chi connectivity index (χ2v) is 6.92. The van der Waals surface area contributed by atoms with Gasteiger partial charge in [-0.3, -0.25) is 25.0 Å². The van der Waals surface area contributed by atoms with E-state index in [4.69, 9.17) is 23.2 Å². The Labute approximate surface area is 145 Å². The molecule has 9 nitrogen and oxygen atoms in total. The van der Waals surface area contributed by atoms with E-state index in [1.807, 2.05) is 4.72 Å². The molecule has 2 aromatic rings. The SMILES string of the molecule is O=[N+]([O-])c1ccc(S(=O)(=O)Nc2c(Cl)cc(Cl)cc2[N+](=O)[O-])cc1. The Morgan fingerprint density at radius 2 is 1.54 bits per heavy atom. The first kappa shape index (κ1) is 17.9. The Morgan fingerprint density at radius 1 is 0.958 bits per heavy atom. The molecule has 126 valence electrons. The molecule has 0 spiro atoms.